The SMILES string of the molecule is Cc1noc(C)c1S(=O)(=O)Nc1ccc2c(c1)C(=O)N([C@@H](C)CO)C[C@@H](C)[C@@H](CN(C)CC1CCCCC1)OCCCC[C@@H](C)O2. The Morgan fingerprint density at radius 1 is 1.09 bits per heavy atom. The minimum absolute atomic E-state index is 0.0285. The Bertz CT molecular complexity index is 1370. The molecule has 4 rings (SSSR count). The van der Waals surface area contributed by atoms with Crippen molar-refractivity contribution in [2.45, 2.75) is 109 Å². The molecule has 0 spiro atoms. The summed E-state index contributed by atoms with van der Waals surface area (Å²) in [6, 6.07) is 4.25. The number of aryl methyl sites for hydroxylation is 2. The number of aliphatic hydroxyl groups is 1. The van der Waals surface area contributed by atoms with Gasteiger partial charge in [0.2, 0.25) is 0 Å². The molecule has 0 saturated heterocycles. The number of amides is 1. The molecule has 0 bridgehead atoms. The van der Waals surface area contributed by atoms with E-state index in [0.29, 0.717) is 24.8 Å². The summed E-state index contributed by atoms with van der Waals surface area (Å²) in [6.07, 6.45) is 8.79. The monoisotopic (exact) mass is 662 g/mol. The summed E-state index contributed by atoms with van der Waals surface area (Å²) in [6.45, 7) is 11.5. The molecular weight excluding hydrogens is 608 g/mol. The molecule has 1 saturated carbocycles. The number of carbonyl (C=O) groups excluding carboxylic acids is 1. The molecule has 1 fully saturated rings. The van der Waals surface area contributed by atoms with Crippen molar-refractivity contribution in [2.24, 2.45) is 11.8 Å². The highest BCUT2D eigenvalue weighted by atomic mass is 32.2. The maximum absolute atomic E-state index is 14.4. The van der Waals surface area contributed by atoms with Crippen LogP contribution in [0.4, 0.5) is 5.69 Å². The van der Waals surface area contributed by atoms with Crippen LogP contribution in [-0.2, 0) is 14.8 Å². The number of hydrogen-bond acceptors (Lipinski definition) is 9. The van der Waals surface area contributed by atoms with Crippen LogP contribution in [0.2, 0.25) is 0 Å². The molecule has 0 unspecified atom stereocenters. The molecular formula is C34H54N4O7S. The van der Waals surface area contributed by atoms with Crippen LogP contribution >= 0.6 is 0 Å². The zero-order valence-electron chi connectivity index (χ0n) is 28.5. The number of hydrogen-bond donors (Lipinski definition) is 2. The molecule has 1 aliphatic heterocycles. The van der Waals surface area contributed by atoms with E-state index >= 15 is 0 Å². The van der Waals surface area contributed by atoms with Gasteiger partial charge in [-0.2, -0.15) is 0 Å². The number of fused-ring (bicyclic) bond motifs is 1. The van der Waals surface area contributed by atoms with E-state index in [9.17, 15) is 18.3 Å². The van der Waals surface area contributed by atoms with E-state index in [0.717, 1.165) is 32.4 Å². The average Bonchev–Trinajstić information content (AvgIpc) is 3.37. The van der Waals surface area contributed by atoms with Crippen molar-refractivity contribution in [1.82, 2.24) is 15.0 Å². The molecule has 2 aromatic rings. The van der Waals surface area contributed by atoms with Crippen LogP contribution in [0.5, 0.6) is 5.75 Å². The number of nitrogens with one attached hydrogen (secondary N) is 1. The topological polar surface area (TPSA) is 134 Å². The predicted octanol–water partition coefficient (Wildman–Crippen LogP) is 5.40. The lowest BCUT2D eigenvalue weighted by Crippen LogP contribution is -2.47. The number of rotatable bonds is 9. The fourth-order valence-corrected chi connectivity index (χ4v) is 8.09. The summed E-state index contributed by atoms with van der Waals surface area (Å²) in [7, 11) is -1.88. The zero-order valence-corrected chi connectivity index (χ0v) is 29.3. The zero-order chi connectivity index (χ0) is 33.4. The molecule has 2 N–H and O–H groups in total. The Balaban J connectivity index is 1.63. The van der Waals surface area contributed by atoms with Crippen LogP contribution < -0.4 is 9.46 Å². The second kappa shape index (κ2) is 16.4. The van der Waals surface area contributed by atoms with Crippen molar-refractivity contribution in [3.05, 3.63) is 35.2 Å². The summed E-state index contributed by atoms with van der Waals surface area (Å²) in [5.41, 5.74) is 0.677. The number of sulfonamides is 1. The minimum atomic E-state index is -4.04. The van der Waals surface area contributed by atoms with Crippen LogP contribution in [0.3, 0.4) is 0 Å². The van der Waals surface area contributed by atoms with Gasteiger partial charge in [0.05, 0.1) is 30.4 Å². The number of aromatic nitrogens is 1. The molecule has 11 nitrogen and oxygen atoms in total. The largest absolute Gasteiger partial charge is 0.490 e. The van der Waals surface area contributed by atoms with Gasteiger partial charge in [0.1, 0.15) is 11.4 Å². The number of likely N-dealkylation sites (N-methyl/N-ethyl adjacent to an activating group) is 1. The molecule has 1 aliphatic carbocycles. The lowest BCUT2D eigenvalue weighted by Gasteiger charge is -2.36. The van der Waals surface area contributed by atoms with Crippen LogP contribution in [0.1, 0.15) is 93.9 Å². The van der Waals surface area contributed by atoms with Gasteiger partial charge in [0.25, 0.3) is 15.9 Å². The van der Waals surface area contributed by atoms with Gasteiger partial charge >= 0.3 is 0 Å². The van der Waals surface area contributed by atoms with Gasteiger partial charge in [-0.15, -0.1) is 0 Å². The molecule has 0 radical (unpaired) electrons. The van der Waals surface area contributed by atoms with E-state index in [4.69, 9.17) is 14.0 Å². The molecule has 2 heterocycles. The fourth-order valence-electron chi connectivity index (χ4n) is 6.71. The average molecular weight is 663 g/mol. The van der Waals surface area contributed by atoms with Gasteiger partial charge in [0.15, 0.2) is 10.7 Å². The molecule has 12 heteroatoms. The van der Waals surface area contributed by atoms with Gasteiger partial charge in [-0.05, 0) is 91.0 Å². The van der Waals surface area contributed by atoms with Gasteiger partial charge in [-0.3, -0.25) is 9.52 Å². The standard InChI is InChI=1S/C34H54N4O7S/c1-23-19-38(24(2)22-39)34(40)30-18-29(36-46(41,42)33-26(4)35-45-27(33)5)15-16-31(30)44-25(3)12-10-11-17-43-32(23)21-37(6)20-28-13-8-7-9-14-28/h15-16,18,23-25,28,32,36,39H,7-14,17,19-22H2,1-6H3/t23-,24+,25-,32-/m1/s1. The third-order valence-corrected chi connectivity index (χ3v) is 11.0. The molecule has 4 atom stereocenters. The van der Waals surface area contributed by atoms with Gasteiger partial charge in [-0.25, -0.2) is 8.42 Å². The summed E-state index contributed by atoms with van der Waals surface area (Å²) in [5, 5.41) is 14.0. The summed E-state index contributed by atoms with van der Waals surface area (Å²) in [5.74, 6) is 0.883. The molecule has 46 heavy (non-hydrogen) atoms. The van der Waals surface area contributed by atoms with Crippen molar-refractivity contribution in [1.29, 1.82) is 0 Å². The second-order valence-electron chi connectivity index (χ2n) is 13.5. The number of carbonyl (C=O) groups is 1. The fraction of sp³-hybridized carbons (Fsp3) is 0.706. The summed E-state index contributed by atoms with van der Waals surface area (Å²) < 4.78 is 47.1. The van der Waals surface area contributed by atoms with Crippen LogP contribution in [0, 0.1) is 25.7 Å². The number of aliphatic hydroxyl groups excluding tert-OH is 1. The van der Waals surface area contributed by atoms with Crippen molar-refractivity contribution < 1.29 is 32.3 Å². The van der Waals surface area contributed by atoms with E-state index in [1.807, 2.05) is 13.8 Å². The highest BCUT2D eigenvalue weighted by Crippen LogP contribution is 2.31. The van der Waals surface area contributed by atoms with Crippen molar-refractivity contribution in [3.63, 3.8) is 0 Å². The van der Waals surface area contributed by atoms with Gasteiger partial charge in [-0.1, -0.05) is 31.3 Å². The molecule has 1 aromatic carbocycles. The first-order valence-corrected chi connectivity index (χ1v) is 18.4. The first-order chi connectivity index (χ1) is 21.9. The third-order valence-electron chi connectivity index (χ3n) is 9.33. The van der Waals surface area contributed by atoms with Gasteiger partial charge < -0.3 is 28.9 Å². The first kappa shape index (κ1) is 36.2. The van der Waals surface area contributed by atoms with E-state index in [-0.39, 0.29) is 58.2 Å². The normalized spacial score (nSPS) is 23.4. The number of ether oxygens (including phenoxy) is 2. The lowest BCUT2D eigenvalue weighted by molar-refractivity contribution is -0.0190. The Kier molecular flexibility index (Phi) is 12.9. The predicted molar refractivity (Wildman–Crippen MR) is 178 cm³/mol. The molecule has 1 aromatic heterocycles. The van der Waals surface area contributed by atoms with Crippen LogP contribution in [-0.4, -0.2) is 92.5 Å². The van der Waals surface area contributed by atoms with E-state index in [2.05, 4.69) is 28.8 Å². The van der Waals surface area contributed by atoms with Crippen LogP contribution in [0.25, 0.3) is 0 Å². The summed E-state index contributed by atoms with van der Waals surface area (Å²) >= 11 is 0. The third kappa shape index (κ3) is 9.45. The first-order valence-electron chi connectivity index (χ1n) is 16.9. The Morgan fingerprint density at radius 3 is 2.48 bits per heavy atom. The summed E-state index contributed by atoms with van der Waals surface area (Å²) in [4.78, 5) is 18.4. The molecule has 2 aliphatic rings. The maximum Gasteiger partial charge on any atom is 0.267 e. The Morgan fingerprint density at radius 2 is 1.80 bits per heavy atom. The highest BCUT2D eigenvalue weighted by molar-refractivity contribution is 7.92. The number of nitrogens with zero attached hydrogens (tertiary/aromatic N) is 3. The smallest absolute Gasteiger partial charge is 0.267 e. The van der Waals surface area contributed by atoms with Crippen molar-refractivity contribution in [3.8, 4) is 5.75 Å². The van der Waals surface area contributed by atoms with Crippen molar-refractivity contribution in [2.75, 3.05) is 44.6 Å². The molecule has 1 amide bonds. The minimum Gasteiger partial charge on any atom is -0.490 e. The maximum atomic E-state index is 14.4. The number of benzene rings is 1. The lowest BCUT2D eigenvalue weighted by atomic mass is 9.89. The van der Waals surface area contributed by atoms with E-state index in [1.54, 1.807) is 24.0 Å². The quantitative estimate of drug-likeness (QED) is 0.362. The second-order valence-corrected chi connectivity index (χ2v) is 15.1. The van der Waals surface area contributed by atoms with Gasteiger partial charge in [0, 0.05) is 37.8 Å². The van der Waals surface area contributed by atoms with E-state index < -0.39 is 16.1 Å². The molecule has 258 valence electrons. The highest BCUT2D eigenvalue weighted by Gasteiger charge is 2.31. The van der Waals surface area contributed by atoms with Crippen LogP contribution in [0.15, 0.2) is 27.6 Å². The van der Waals surface area contributed by atoms with E-state index in [1.165, 1.54) is 45.1 Å². The number of anilines is 1. The Hall–Kier alpha value is -2.67. The van der Waals surface area contributed by atoms with Crippen molar-refractivity contribution >= 4 is 21.6 Å². The Labute approximate surface area is 275 Å².